The maximum Gasteiger partial charge on any atom is 0.142 e. The average Bonchev–Trinajstić information content (AvgIpc) is 3.04. The van der Waals surface area contributed by atoms with E-state index in [4.69, 9.17) is 27.4 Å². The summed E-state index contributed by atoms with van der Waals surface area (Å²) in [5, 5.41) is 16.3. The lowest BCUT2D eigenvalue weighted by Crippen LogP contribution is -2.49. The van der Waals surface area contributed by atoms with Crippen LogP contribution in [0.2, 0.25) is 5.02 Å². The van der Waals surface area contributed by atoms with Gasteiger partial charge in [0.15, 0.2) is 0 Å². The highest BCUT2D eigenvalue weighted by Crippen LogP contribution is 2.36. The van der Waals surface area contributed by atoms with E-state index in [2.05, 4.69) is 28.5 Å². The van der Waals surface area contributed by atoms with Gasteiger partial charge in [-0.1, -0.05) is 30.7 Å². The van der Waals surface area contributed by atoms with Crippen LogP contribution < -0.4 is 4.90 Å². The summed E-state index contributed by atoms with van der Waals surface area (Å²) in [5.41, 5.74) is 5.15. The first-order valence-electron chi connectivity index (χ1n) is 9.37. The highest BCUT2D eigenvalue weighted by molar-refractivity contribution is 6.33. The van der Waals surface area contributed by atoms with E-state index in [1.165, 1.54) is 6.34 Å². The number of halogens is 1. The average molecular weight is 395 g/mol. The minimum absolute atomic E-state index is 0.433. The molecule has 0 aliphatic carbocycles. The molecule has 0 bridgehead atoms. The Bertz CT molecular complexity index is 1070. The van der Waals surface area contributed by atoms with E-state index in [-0.39, 0.29) is 0 Å². The number of rotatable bonds is 4. The van der Waals surface area contributed by atoms with Crippen molar-refractivity contribution in [3.8, 4) is 11.4 Å². The molecule has 2 aromatic carbocycles. The van der Waals surface area contributed by atoms with Crippen LogP contribution >= 0.6 is 11.6 Å². The quantitative estimate of drug-likeness (QED) is 0.515. The van der Waals surface area contributed by atoms with Crippen molar-refractivity contribution in [1.82, 2.24) is 14.5 Å². The van der Waals surface area contributed by atoms with Crippen molar-refractivity contribution < 1.29 is 0 Å². The first-order chi connectivity index (χ1) is 13.5. The van der Waals surface area contributed by atoms with Crippen LogP contribution in [0.15, 0.2) is 36.4 Å². The number of piperazine rings is 1. The molecule has 6 nitrogen and oxygen atoms in total. The zero-order valence-electron chi connectivity index (χ0n) is 16.0. The number of nitrogens with zero attached hydrogens (tertiary/aromatic N) is 4. The number of imidazole rings is 1. The van der Waals surface area contributed by atoms with Crippen LogP contribution in [-0.2, 0) is 13.5 Å². The molecule has 0 spiro atoms. The van der Waals surface area contributed by atoms with Crippen molar-refractivity contribution in [2.24, 2.45) is 7.05 Å². The third kappa shape index (κ3) is 3.03. The third-order valence-corrected chi connectivity index (χ3v) is 5.68. The van der Waals surface area contributed by atoms with Crippen LogP contribution in [0.4, 0.5) is 5.69 Å². The van der Waals surface area contributed by atoms with Gasteiger partial charge >= 0.3 is 0 Å². The molecule has 4 rings (SSSR count). The van der Waals surface area contributed by atoms with Crippen molar-refractivity contribution in [3.05, 3.63) is 47.0 Å². The molecular formula is C21H23ClN6. The fourth-order valence-electron chi connectivity index (χ4n) is 3.80. The number of aromatic nitrogens is 2. The van der Waals surface area contributed by atoms with Gasteiger partial charge in [-0.15, -0.1) is 0 Å². The van der Waals surface area contributed by atoms with E-state index >= 15 is 0 Å². The maximum atomic E-state index is 8.21. The maximum absolute atomic E-state index is 8.21. The van der Waals surface area contributed by atoms with Crippen LogP contribution in [0.1, 0.15) is 12.5 Å². The largest absolute Gasteiger partial charge is 0.362 e. The molecule has 1 saturated heterocycles. The van der Waals surface area contributed by atoms with Crippen LogP contribution in [0, 0.1) is 10.8 Å². The SMILES string of the molecule is CCc1cc(Cl)c(-c2nc3ccccc3n2C)cc1N1CCN(C=N)C(=N)C1. The summed E-state index contributed by atoms with van der Waals surface area (Å²) in [6.07, 6.45) is 2.09. The highest BCUT2D eigenvalue weighted by Gasteiger charge is 2.24. The van der Waals surface area contributed by atoms with Crippen molar-refractivity contribution in [2.45, 2.75) is 13.3 Å². The van der Waals surface area contributed by atoms with E-state index in [0.717, 1.165) is 46.6 Å². The molecule has 1 aliphatic heterocycles. The number of para-hydroxylation sites is 2. The van der Waals surface area contributed by atoms with Gasteiger partial charge in [0.2, 0.25) is 0 Å². The summed E-state index contributed by atoms with van der Waals surface area (Å²) in [6, 6.07) is 12.2. The van der Waals surface area contributed by atoms with Gasteiger partial charge in [0.05, 0.1) is 28.9 Å². The van der Waals surface area contributed by atoms with Gasteiger partial charge in [-0.05, 0) is 36.2 Å². The standard InChI is InChI=1S/C21H23ClN6/c1-3-14-10-16(22)15(21-25-17-6-4-5-7-18(17)26(21)2)11-19(14)27-8-9-28(13-23)20(24)12-27/h4-7,10-11,13,23-24H,3,8-9,12H2,1-2H3. The van der Waals surface area contributed by atoms with E-state index in [1.54, 1.807) is 4.90 Å². The number of hydrogen-bond donors (Lipinski definition) is 2. The Morgan fingerprint density at radius 2 is 2.00 bits per heavy atom. The van der Waals surface area contributed by atoms with Gasteiger partial charge in [-0.25, -0.2) is 4.98 Å². The Balaban J connectivity index is 1.81. The zero-order valence-corrected chi connectivity index (χ0v) is 16.8. The number of benzene rings is 2. The molecule has 1 aliphatic rings. The minimum Gasteiger partial charge on any atom is -0.362 e. The molecule has 0 unspecified atom stereocenters. The predicted octanol–water partition coefficient (Wildman–Crippen LogP) is 4.16. The number of aryl methyl sites for hydroxylation is 2. The highest BCUT2D eigenvalue weighted by atomic mass is 35.5. The number of anilines is 1. The molecule has 28 heavy (non-hydrogen) atoms. The molecule has 3 aromatic rings. The van der Waals surface area contributed by atoms with Crippen molar-refractivity contribution in [3.63, 3.8) is 0 Å². The fourth-order valence-corrected chi connectivity index (χ4v) is 4.07. The van der Waals surface area contributed by atoms with Gasteiger partial charge in [-0.2, -0.15) is 0 Å². The molecule has 0 saturated carbocycles. The van der Waals surface area contributed by atoms with Crippen LogP contribution in [0.3, 0.4) is 0 Å². The smallest absolute Gasteiger partial charge is 0.142 e. The molecule has 0 radical (unpaired) electrons. The first-order valence-corrected chi connectivity index (χ1v) is 9.75. The summed E-state index contributed by atoms with van der Waals surface area (Å²) in [7, 11) is 2.01. The number of hydrogen-bond acceptors (Lipinski definition) is 4. The van der Waals surface area contributed by atoms with E-state index in [9.17, 15) is 0 Å². The molecule has 7 heteroatoms. The third-order valence-electron chi connectivity index (χ3n) is 5.37. The Morgan fingerprint density at radius 3 is 2.68 bits per heavy atom. The van der Waals surface area contributed by atoms with Crippen LogP contribution in [0.25, 0.3) is 22.4 Å². The molecule has 0 atom stereocenters. The molecule has 1 aromatic heterocycles. The van der Waals surface area contributed by atoms with Gasteiger partial charge in [-0.3, -0.25) is 10.8 Å². The summed E-state index contributed by atoms with van der Waals surface area (Å²) in [4.78, 5) is 8.67. The number of nitrogens with one attached hydrogen (secondary N) is 2. The minimum atomic E-state index is 0.433. The zero-order chi connectivity index (χ0) is 19.8. The predicted molar refractivity (Wildman–Crippen MR) is 116 cm³/mol. The summed E-state index contributed by atoms with van der Waals surface area (Å²) >= 11 is 6.68. The monoisotopic (exact) mass is 394 g/mol. The fraction of sp³-hybridized carbons (Fsp3) is 0.286. The molecule has 144 valence electrons. The second kappa shape index (κ2) is 7.28. The Hall–Kier alpha value is -2.86. The van der Waals surface area contributed by atoms with E-state index in [1.807, 2.05) is 31.3 Å². The van der Waals surface area contributed by atoms with Crippen molar-refractivity contribution >= 4 is 40.5 Å². The summed E-state index contributed by atoms with van der Waals surface area (Å²) in [5.74, 6) is 1.27. The normalized spacial score (nSPS) is 14.8. The molecule has 1 fully saturated rings. The summed E-state index contributed by atoms with van der Waals surface area (Å²) in [6.45, 7) is 3.99. The second-order valence-corrected chi connectivity index (χ2v) is 7.40. The van der Waals surface area contributed by atoms with E-state index < -0.39 is 0 Å². The molecule has 0 amide bonds. The Morgan fingerprint density at radius 1 is 1.21 bits per heavy atom. The van der Waals surface area contributed by atoms with E-state index in [0.29, 0.717) is 23.9 Å². The second-order valence-electron chi connectivity index (χ2n) is 6.99. The Kier molecular flexibility index (Phi) is 4.81. The molecule has 2 N–H and O–H groups in total. The lowest BCUT2D eigenvalue weighted by Gasteiger charge is -2.36. The van der Waals surface area contributed by atoms with Gasteiger partial charge in [0, 0.05) is 31.4 Å². The van der Waals surface area contributed by atoms with Gasteiger partial charge in [0.25, 0.3) is 0 Å². The molecule has 2 heterocycles. The molecular weight excluding hydrogens is 372 g/mol. The Labute approximate surface area is 169 Å². The van der Waals surface area contributed by atoms with Gasteiger partial charge in [0.1, 0.15) is 11.7 Å². The first kappa shape index (κ1) is 18.5. The van der Waals surface area contributed by atoms with Gasteiger partial charge < -0.3 is 14.4 Å². The van der Waals surface area contributed by atoms with Crippen molar-refractivity contribution in [1.29, 1.82) is 10.8 Å². The summed E-state index contributed by atoms with van der Waals surface area (Å²) < 4.78 is 2.07. The number of amidine groups is 1. The van der Waals surface area contributed by atoms with Crippen LogP contribution in [-0.4, -0.2) is 46.3 Å². The van der Waals surface area contributed by atoms with Crippen LogP contribution in [0.5, 0.6) is 0 Å². The lowest BCUT2D eigenvalue weighted by molar-refractivity contribution is 0.557. The number of fused-ring (bicyclic) bond motifs is 1. The lowest BCUT2D eigenvalue weighted by atomic mass is 10.0. The van der Waals surface area contributed by atoms with Crippen molar-refractivity contribution in [2.75, 3.05) is 24.5 Å². The topological polar surface area (TPSA) is 72.0 Å².